The van der Waals surface area contributed by atoms with E-state index in [1.54, 1.807) is 12.1 Å². The standard InChI is InChI=1S/C18H30O.Sn/c1-2-3-4-5-6-7-8-9-10-11-12-17-13-15-18(19)16-14-17;/h13-16,19H,2-12H2,1H3;. The average Bonchev–Trinajstić information content (AvgIpc) is 2.43. The first kappa shape index (κ1) is 19.8. The summed E-state index contributed by atoms with van der Waals surface area (Å²) in [5.41, 5.74) is 1.34. The van der Waals surface area contributed by atoms with E-state index >= 15 is 0 Å². The molecular formula is C18H30OSn. The van der Waals surface area contributed by atoms with Gasteiger partial charge in [0.1, 0.15) is 5.75 Å². The molecule has 0 aliphatic heterocycles. The van der Waals surface area contributed by atoms with Crippen molar-refractivity contribution in [2.24, 2.45) is 0 Å². The topological polar surface area (TPSA) is 20.2 Å². The van der Waals surface area contributed by atoms with E-state index in [-0.39, 0.29) is 23.9 Å². The number of rotatable bonds is 11. The Balaban J connectivity index is 0.00000361. The smallest absolute Gasteiger partial charge is 0.115 e. The first-order valence-corrected chi connectivity index (χ1v) is 8.11. The van der Waals surface area contributed by atoms with Gasteiger partial charge in [0, 0.05) is 23.9 Å². The second-order valence-corrected chi connectivity index (χ2v) is 5.60. The van der Waals surface area contributed by atoms with Crippen LogP contribution in [0.25, 0.3) is 0 Å². The summed E-state index contributed by atoms with van der Waals surface area (Å²) in [5, 5.41) is 9.20. The number of phenolic OH excluding ortho intramolecular Hbond substituents is 1. The molecule has 1 nitrogen and oxygen atoms in total. The monoisotopic (exact) mass is 382 g/mol. The zero-order valence-corrected chi connectivity index (χ0v) is 15.9. The SMILES string of the molecule is CCCCCCCCCCCCc1ccc(O)cc1.[Sn]. The first-order valence-electron chi connectivity index (χ1n) is 8.11. The van der Waals surface area contributed by atoms with Crippen molar-refractivity contribution in [3.8, 4) is 5.75 Å². The third kappa shape index (κ3) is 10.6. The molecular weight excluding hydrogens is 351 g/mol. The summed E-state index contributed by atoms with van der Waals surface area (Å²) in [4.78, 5) is 0. The van der Waals surface area contributed by atoms with Gasteiger partial charge in [0.05, 0.1) is 0 Å². The van der Waals surface area contributed by atoms with Crippen LogP contribution in [-0.2, 0) is 6.42 Å². The van der Waals surface area contributed by atoms with Crippen molar-refractivity contribution in [2.45, 2.75) is 77.6 Å². The van der Waals surface area contributed by atoms with Crippen molar-refractivity contribution >= 4 is 23.9 Å². The van der Waals surface area contributed by atoms with Crippen LogP contribution in [0.1, 0.15) is 76.7 Å². The maximum absolute atomic E-state index is 9.20. The minimum Gasteiger partial charge on any atom is -0.508 e. The van der Waals surface area contributed by atoms with E-state index in [0.29, 0.717) is 5.75 Å². The quantitative estimate of drug-likeness (QED) is 0.398. The molecule has 2 heteroatoms. The Labute approximate surface area is 142 Å². The number of phenols is 1. The Morgan fingerprint density at radius 2 is 1.15 bits per heavy atom. The molecule has 0 aliphatic rings. The summed E-state index contributed by atoms with van der Waals surface area (Å²) in [6, 6.07) is 7.63. The van der Waals surface area contributed by atoms with E-state index in [4.69, 9.17) is 0 Å². The molecule has 1 N–H and O–H groups in total. The van der Waals surface area contributed by atoms with E-state index in [1.807, 2.05) is 12.1 Å². The van der Waals surface area contributed by atoms with Crippen molar-refractivity contribution < 1.29 is 5.11 Å². The Kier molecular flexibility index (Phi) is 13.7. The van der Waals surface area contributed by atoms with Crippen LogP contribution in [0.5, 0.6) is 5.75 Å². The molecule has 0 heterocycles. The van der Waals surface area contributed by atoms with Gasteiger partial charge in [0.25, 0.3) is 0 Å². The number of hydrogen-bond acceptors (Lipinski definition) is 1. The third-order valence-electron chi connectivity index (χ3n) is 3.76. The van der Waals surface area contributed by atoms with Gasteiger partial charge in [-0.05, 0) is 30.5 Å². The molecule has 0 amide bonds. The molecule has 0 bridgehead atoms. The van der Waals surface area contributed by atoms with Crippen LogP contribution >= 0.6 is 0 Å². The molecule has 0 spiro atoms. The van der Waals surface area contributed by atoms with Gasteiger partial charge in [-0.25, -0.2) is 0 Å². The number of aryl methyl sites for hydroxylation is 1. The van der Waals surface area contributed by atoms with Crippen molar-refractivity contribution in [2.75, 3.05) is 0 Å². The predicted octanol–water partition coefficient (Wildman–Crippen LogP) is 5.47. The van der Waals surface area contributed by atoms with E-state index < -0.39 is 0 Å². The van der Waals surface area contributed by atoms with Gasteiger partial charge in [-0.2, -0.15) is 0 Å². The normalized spacial score (nSPS) is 10.2. The molecule has 0 unspecified atom stereocenters. The Morgan fingerprint density at radius 3 is 1.65 bits per heavy atom. The third-order valence-corrected chi connectivity index (χ3v) is 3.76. The van der Waals surface area contributed by atoms with Crippen molar-refractivity contribution in [1.82, 2.24) is 0 Å². The van der Waals surface area contributed by atoms with Crippen molar-refractivity contribution in [3.05, 3.63) is 29.8 Å². The van der Waals surface area contributed by atoms with Crippen LogP contribution in [0.4, 0.5) is 0 Å². The number of aromatic hydroxyl groups is 1. The molecule has 112 valence electrons. The van der Waals surface area contributed by atoms with Gasteiger partial charge < -0.3 is 5.11 Å². The fraction of sp³-hybridized carbons (Fsp3) is 0.667. The molecule has 1 rings (SSSR count). The molecule has 0 atom stereocenters. The molecule has 1 aromatic rings. The zero-order valence-electron chi connectivity index (χ0n) is 13.0. The second-order valence-electron chi connectivity index (χ2n) is 5.60. The Bertz CT molecular complexity index is 308. The second kappa shape index (κ2) is 13.8. The van der Waals surface area contributed by atoms with Crippen LogP contribution in [0.2, 0.25) is 0 Å². The summed E-state index contributed by atoms with van der Waals surface area (Å²) in [6.45, 7) is 2.27. The molecule has 0 fully saturated rings. The molecule has 0 aromatic heterocycles. The minimum absolute atomic E-state index is 0. The summed E-state index contributed by atoms with van der Waals surface area (Å²) < 4.78 is 0. The average molecular weight is 381 g/mol. The van der Waals surface area contributed by atoms with E-state index in [9.17, 15) is 5.11 Å². The largest absolute Gasteiger partial charge is 0.508 e. The summed E-state index contributed by atoms with van der Waals surface area (Å²) in [6.07, 6.45) is 15.0. The molecule has 0 aliphatic carbocycles. The maximum atomic E-state index is 9.20. The molecule has 0 saturated heterocycles. The number of unbranched alkanes of at least 4 members (excludes halogenated alkanes) is 9. The Morgan fingerprint density at radius 1 is 0.700 bits per heavy atom. The van der Waals surface area contributed by atoms with E-state index in [2.05, 4.69) is 6.92 Å². The Hall–Kier alpha value is -0.181. The fourth-order valence-corrected chi connectivity index (χ4v) is 2.48. The maximum Gasteiger partial charge on any atom is 0.115 e. The van der Waals surface area contributed by atoms with E-state index in [0.717, 1.165) is 6.42 Å². The van der Waals surface area contributed by atoms with Crippen molar-refractivity contribution in [3.63, 3.8) is 0 Å². The van der Waals surface area contributed by atoms with Crippen LogP contribution < -0.4 is 0 Å². The van der Waals surface area contributed by atoms with Gasteiger partial charge in [-0.3, -0.25) is 0 Å². The summed E-state index contributed by atoms with van der Waals surface area (Å²) in [7, 11) is 0. The zero-order chi connectivity index (χ0) is 13.8. The fourth-order valence-electron chi connectivity index (χ4n) is 2.48. The molecule has 20 heavy (non-hydrogen) atoms. The molecule has 4 radical (unpaired) electrons. The van der Waals surface area contributed by atoms with Crippen LogP contribution in [-0.4, -0.2) is 29.0 Å². The predicted molar refractivity (Wildman–Crippen MR) is 89.4 cm³/mol. The minimum atomic E-state index is 0. The van der Waals surface area contributed by atoms with Gasteiger partial charge in [0.2, 0.25) is 0 Å². The van der Waals surface area contributed by atoms with Crippen LogP contribution in [0.15, 0.2) is 24.3 Å². The van der Waals surface area contributed by atoms with Gasteiger partial charge in [-0.1, -0.05) is 76.8 Å². The summed E-state index contributed by atoms with van der Waals surface area (Å²) >= 11 is 0. The van der Waals surface area contributed by atoms with E-state index in [1.165, 1.54) is 69.8 Å². The number of hydrogen-bond donors (Lipinski definition) is 1. The van der Waals surface area contributed by atoms with Crippen LogP contribution in [0.3, 0.4) is 0 Å². The number of benzene rings is 1. The van der Waals surface area contributed by atoms with Gasteiger partial charge >= 0.3 is 0 Å². The summed E-state index contributed by atoms with van der Waals surface area (Å²) in [5.74, 6) is 0.367. The first-order chi connectivity index (χ1) is 9.33. The van der Waals surface area contributed by atoms with Gasteiger partial charge in [-0.15, -0.1) is 0 Å². The molecule has 1 aromatic carbocycles. The molecule has 0 saturated carbocycles. The van der Waals surface area contributed by atoms with Crippen LogP contribution in [0, 0.1) is 0 Å². The van der Waals surface area contributed by atoms with Gasteiger partial charge in [0.15, 0.2) is 0 Å². The van der Waals surface area contributed by atoms with Crippen molar-refractivity contribution in [1.29, 1.82) is 0 Å².